The largest absolute Gasteiger partial charge is 0.497 e. The molecule has 0 N–H and O–H groups in total. The summed E-state index contributed by atoms with van der Waals surface area (Å²) in [6, 6.07) is 7.27. The number of nitrogens with zero attached hydrogens (tertiary/aromatic N) is 6. The van der Waals surface area contributed by atoms with Crippen molar-refractivity contribution in [2.24, 2.45) is 0 Å². The van der Waals surface area contributed by atoms with E-state index in [1.807, 2.05) is 42.1 Å². The van der Waals surface area contributed by atoms with Gasteiger partial charge in [0.15, 0.2) is 0 Å². The van der Waals surface area contributed by atoms with E-state index < -0.39 is 0 Å². The van der Waals surface area contributed by atoms with E-state index in [9.17, 15) is 4.79 Å². The minimum atomic E-state index is 0.0195. The Bertz CT molecular complexity index is 805. The summed E-state index contributed by atoms with van der Waals surface area (Å²) in [4.78, 5) is 32.4. The molecule has 1 aliphatic heterocycles. The van der Waals surface area contributed by atoms with Crippen LogP contribution in [-0.2, 0) is 0 Å². The van der Waals surface area contributed by atoms with Gasteiger partial charge in [0, 0.05) is 51.8 Å². The molecule has 0 aliphatic carbocycles. The van der Waals surface area contributed by atoms with E-state index in [0.717, 1.165) is 5.82 Å². The lowest BCUT2D eigenvalue weighted by Crippen LogP contribution is -2.49. The second kappa shape index (κ2) is 8.41. The molecular weight excluding hydrogens is 356 g/mol. The van der Waals surface area contributed by atoms with Gasteiger partial charge in [-0.25, -0.2) is 0 Å². The topological polar surface area (TPSA) is 74.7 Å². The third kappa shape index (κ3) is 4.32. The zero-order valence-electron chi connectivity index (χ0n) is 17.2. The summed E-state index contributed by atoms with van der Waals surface area (Å²) in [6.45, 7) is 6.76. The summed E-state index contributed by atoms with van der Waals surface area (Å²) in [5.41, 5.74) is 0.643. The number of anilines is 2. The van der Waals surface area contributed by atoms with Gasteiger partial charge in [-0.2, -0.15) is 15.0 Å². The standard InChI is InChI=1S/C20H28N6O2/c1-14(2)17-21-19(24(3)4)23-20(22-17)26-11-9-25(10-12-26)18(27)15-7-6-8-16(13-15)28-5/h6-8,13-14H,9-12H2,1-5H3. The van der Waals surface area contributed by atoms with Crippen LogP contribution in [0.3, 0.4) is 0 Å². The zero-order chi connectivity index (χ0) is 20.3. The highest BCUT2D eigenvalue weighted by Gasteiger charge is 2.25. The molecule has 1 aromatic heterocycles. The fourth-order valence-corrected chi connectivity index (χ4v) is 3.02. The van der Waals surface area contributed by atoms with E-state index in [0.29, 0.717) is 49.4 Å². The first kappa shape index (κ1) is 19.9. The smallest absolute Gasteiger partial charge is 0.254 e. The molecule has 8 nitrogen and oxygen atoms in total. The van der Waals surface area contributed by atoms with Gasteiger partial charge < -0.3 is 19.4 Å². The number of aromatic nitrogens is 3. The van der Waals surface area contributed by atoms with Gasteiger partial charge in [0.1, 0.15) is 11.6 Å². The minimum absolute atomic E-state index is 0.0195. The SMILES string of the molecule is COc1cccc(C(=O)N2CCN(c3nc(C(C)C)nc(N(C)C)n3)CC2)c1. The Kier molecular flexibility index (Phi) is 5.96. The van der Waals surface area contributed by atoms with Crippen molar-refractivity contribution in [1.29, 1.82) is 0 Å². The van der Waals surface area contributed by atoms with Gasteiger partial charge in [0.2, 0.25) is 11.9 Å². The second-order valence-electron chi connectivity index (χ2n) is 7.35. The van der Waals surface area contributed by atoms with Crippen LogP contribution < -0.4 is 14.5 Å². The zero-order valence-corrected chi connectivity index (χ0v) is 17.2. The first-order valence-corrected chi connectivity index (χ1v) is 9.50. The maximum absolute atomic E-state index is 12.8. The van der Waals surface area contributed by atoms with Gasteiger partial charge in [-0.05, 0) is 18.2 Å². The number of carbonyl (C=O) groups excluding carboxylic acids is 1. The van der Waals surface area contributed by atoms with E-state index in [1.165, 1.54) is 0 Å². The maximum Gasteiger partial charge on any atom is 0.254 e. The lowest BCUT2D eigenvalue weighted by Gasteiger charge is -2.35. The Morgan fingerprint density at radius 1 is 1.11 bits per heavy atom. The third-order valence-electron chi connectivity index (χ3n) is 4.71. The van der Waals surface area contributed by atoms with E-state index >= 15 is 0 Å². The monoisotopic (exact) mass is 384 g/mol. The first-order chi connectivity index (χ1) is 13.4. The van der Waals surface area contributed by atoms with Crippen molar-refractivity contribution in [2.75, 3.05) is 57.2 Å². The number of rotatable bonds is 5. The molecule has 2 heterocycles. The van der Waals surface area contributed by atoms with Crippen LogP contribution in [0.25, 0.3) is 0 Å². The molecule has 0 saturated carbocycles. The molecule has 28 heavy (non-hydrogen) atoms. The fourth-order valence-electron chi connectivity index (χ4n) is 3.02. The van der Waals surface area contributed by atoms with Crippen molar-refractivity contribution in [3.05, 3.63) is 35.7 Å². The number of hydrogen-bond donors (Lipinski definition) is 0. The van der Waals surface area contributed by atoms with Crippen LogP contribution in [-0.4, -0.2) is 73.1 Å². The predicted octanol–water partition coefficient (Wildman–Crippen LogP) is 2.03. The van der Waals surface area contributed by atoms with Crippen LogP contribution in [0.1, 0.15) is 35.9 Å². The molecule has 3 rings (SSSR count). The molecule has 0 bridgehead atoms. The molecule has 1 amide bonds. The molecule has 1 aliphatic rings. The van der Waals surface area contributed by atoms with E-state index in [4.69, 9.17) is 4.74 Å². The number of amides is 1. The average molecular weight is 384 g/mol. The van der Waals surface area contributed by atoms with Crippen LogP contribution in [0.2, 0.25) is 0 Å². The molecule has 150 valence electrons. The number of methoxy groups -OCH3 is 1. The molecule has 0 radical (unpaired) electrons. The molecule has 0 atom stereocenters. The van der Waals surface area contributed by atoms with Gasteiger partial charge >= 0.3 is 0 Å². The molecular formula is C20H28N6O2. The van der Waals surface area contributed by atoms with Crippen molar-refractivity contribution in [2.45, 2.75) is 19.8 Å². The van der Waals surface area contributed by atoms with E-state index in [-0.39, 0.29) is 11.8 Å². The minimum Gasteiger partial charge on any atom is -0.497 e. The molecule has 0 spiro atoms. The van der Waals surface area contributed by atoms with Gasteiger partial charge in [0.05, 0.1) is 7.11 Å². The number of hydrogen-bond acceptors (Lipinski definition) is 7. The summed E-state index contributed by atoms with van der Waals surface area (Å²) in [5, 5.41) is 0. The van der Waals surface area contributed by atoms with Gasteiger partial charge in [-0.1, -0.05) is 19.9 Å². The number of carbonyl (C=O) groups is 1. The molecule has 0 unspecified atom stereocenters. The van der Waals surface area contributed by atoms with Crippen LogP contribution >= 0.6 is 0 Å². The summed E-state index contributed by atoms with van der Waals surface area (Å²) >= 11 is 0. The number of piperazine rings is 1. The van der Waals surface area contributed by atoms with Gasteiger partial charge in [0.25, 0.3) is 5.91 Å². The number of benzene rings is 1. The lowest BCUT2D eigenvalue weighted by atomic mass is 10.1. The lowest BCUT2D eigenvalue weighted by molar-refractivity contribution is 0.0746. The highest BCUT2D eigenvalue weighted by atomic mass is 16.5. The van der Waals surface area contributed by atoms with Crippen molar-refractivity contribution < 1.29 is 9.53 Å². The summed E-state index contributed by atoms with van der Waals surface area (Å²) < 4.78 is 5.22. The van der Waals surface area contributed by atoms with Crippen molar-refractivity contribution in [3.8, 4) is 5.75 Å². The number of ether oxygens (including phenoxy) is 1. The predicted molar refractivity (Wildman–Crippen MR) is 109 cm³/mol. The van der Waals surface area contributed by atoms with Crippen LogP contribution in [0, 0.1) is 0 Å². The molecule has 8 heteroatoms. The summed E-state index contributed by atoms with van der Waals surface area (Å²) in [6.07, 6.45) is 0. The molecule has 1 aromatic carbocycles. The summed E-state index contributed by atoms with van der Waals surface area (Å²) in [7, 11) is 5.45. The highest BCUT2D eigenvalue weighted by molar-refractivity contribution is 5.94. The Morgan fingerprint density at radius 3 is 2.43 bits per heavy atom. The first-order valence-electron chi connectivity index (χ1n) is 9.50. The fraction of sp³-hybridized carbons (Fsp3) is 0.500. The third-order valence-corrected chi connectivity index (χ3v) is 4.71. The Balaban J connectivity index is 1.72. The average Bonchev–Trinajstić information content (AvgIpc) is 2.73. The van der Waals surface area contributed by atoms with Crippen LogP contribution in [0.15, 0.2) is 24.3 Å². The van der Waals surface area contributed by atoms with Crippen molar-refractivity contribution in [1.82, 2.24) is 19.9 Å². The molecule has 1 saturated heterocycles. The second-order valence-corrected chi connectivity index (χ2v) is 7.35. The molecule has 2 aromatic rings. The van der Waals surface area contributed by atoms with Gasteiger partial charge in [-0.3, -0.25) is 4.79 Å². The quantitative estimate of drug-likeness (QED) is 0.781. The van der Waals surface area contributed by atoms with Crippen molar-refractivity contribution in [3.63, 3.8) is 0 Å². The molecule has 1 fully saturated rings. The maximum atomic E-state index is 12.8. The summed E-state index contributed by atoms with van der Waals surface area (Å²) in [5.74, 6) is 3.04. The van der Waals surface area contributed by atoms with Crippen LogP contribution in [0.5, 0.6) is 5.75 Å². The van der Waals surface area contributed by atoms with E-state index in [2.05, 4.69) is 33.7 Å². The van der Waals surface area contributed by atoms with E-state index in [1.54, 1.807) is 13.2 Å². The Morgan fingerprint density at radius 2 is 1.82 bits per heavy atom. The Labute approximate surface area is 166 Å². The van der Waals surface area contributed by atoms with Crippen LogP contribution in [0.4, 0.5) is 11.9 Å². The van der Waals surface area contributed by atoms with Gasteiger partial charge in [-0.15, -0.1) is 0 Å². The normalized spacial score (nSPS) is 14.4. The highest BCUT2D eigenvalue weighted by Crippen LogP contribution is 2.20. The Hall–Kier alpha value is -2.90. The van der Waals surface area contributed by atoms with Crippen molar-refractivity contribution >= 4 is 17.8 Å².